The molecule has 0 spiro atoms. The summed E-state index contributed by atoms with van der Waals surface area (Å²) in [6, 6.07) is 3.50. The lowest BCUT2D eigenvalue weighted by atomic mass is 9.81. The molecular formula is C22H27N7O3. The zero-order valence-corrected chi connectivity index (χ0v) is 18.9. The second-order valence-electron chi connectivity index (χ2n) is 8.86. The zero-order chi connectivity index (χ0) is 23.0. The van der Waals surface area contributed by atoms with E-state index in [1.54, 1.807) is 47.4 Å². The van der Waals surface area contributed by atoms with E-state index >= 15 is 0 Å². The molecule has 1 aliphatic heterocycles. The Bertz CT molecular complexity index is 1130. The molecule has 1 aliphatic rings. The van der Waals surface area contributed by atoms with Gasteiger partial charge in [-0.3, -0.25) is 24.2 Å². The quantitative estimate of drug-likeness (QED) is 0.630. The molecule has 1 unspecified atom stereocenters. The van der Waals surface area contributed by atoms with Gasteiger partial charge in [0, 0.05) is 49.4 Å². The van der Waals surface area contributed by atoms with Gasteiger partial charge >= 0.3 is 0 Å². The van der Waals surface area contributed by atoms with Crippen LogP contribution < -0.4 is 10.2 Å². The summed E-state index contributed by atoms with van der Waals surface area (Å²) < 4.78 is 7.03. The highest BCUT2D eigenvalue weighted by atomic mass is 16.3. The number of nitrogens with zero attached hydrogens (tertiary/aromatic N) is 6. The van der Waals surface area contributed by atoms with Crippen LogP contribution in [-0.4, -0.2) is 63.6 Å². The molecule has 1 N–H and O–H groups in total. The topological polar surface area (TPSA) is 109 Å². The van der Waals surface area contributed by atoms with Crippen LogP contribution in [0, 0.1) is 11.3 Å². The molecule has 1 atom stereocenters. The molecule has 0 aliphatic carbocycles. The van der Waals surface area contributed by atoms with Crippen LogP contribution in [0.2, 0.25) is 0 Å². The normalized spacial score (nSPS) is 17.9. The highest BCUT2D eigenvalue weighted by Gasteiger charge is 2.48. The maximum Gasteiger partial charge on any atom is 0.277 e. The summed E-state index contributed by atoms with van der Waals surface area (Å²) in [5.41, 5.74) is 0.762. The number of aromatic nitrogens is 4. The van der Waals surface area contributed by atoms with Gasteiger partial charge < -0.3 is 14.6 Å². The molecule has 10 heteroatoms. The Kier molecular flexibility index (Phi) is 5.55. The summed E-state index contributed by atoms with van der Waals surface area (Å²) in [6.07, 6.45) is 6.23. The Labute approximate surface area is 186 Å². The molecule has 168 valence electrons. The van der Waals surface area contributed by atoms with Crippen molar-refractivity contribution in [3.63, 3.8) is 0 Å². The summed E-state index contributed by atoms with van der Waals surface area (Å²) in [5.74, 6) is 0.429. The van der Waals surface area contributed by atoms with Crippen LogP contribution in [0.1, 0.15) is 24.3 Å². The Morgan fingerprint density at radius 3 is 2.72 bits per heavy atom. The Hall–Kier alpha value is -3.53. The second kappa shape index (κ2) is 8.19. The summed E-state index contributed by atoms with van der Waals surface area (Å²) >= 11 is 0. The first-order chi connectivity index (χ1) is 15.2. The van der Waals surface area contributed by atoms with E-state index in [2.05, 4.69) is 25.3 Å². The van der Waals surface area contributed by atoms with Crippen molar-refractivity contribution in [1.82, 2.24) is 24.6 Å². The fourth-order valence-electron chi connectivity index (χ4n) is 3.92. The third-order valence-corrected chi connectivity index (χ3v) is 5.78. The van der Waals surface area contributed by atoms with Gasteiger partial charge in [0.1, 0.15) is 12.0 Å². The number of hydrogen-bond donors (Lipinski definition) is 1. The van der Waals surface area contributed by atoms with Gasteiger partial charge in [-0.25, -0.2) is 4.98 Å². The van der Waals surface area contributed by atoms with E-state index in [1.807, 2.05) is 27.9 Å². The van der Waals surface area contributed by atoms with E-state index in [9.17, 15) is 9.59 Å². The third kappa shape index (κ3) is 4.01. The highest BCUT2D eigenvalue weighted by Crippen LogP contribution is 2.40. The predicted molar refractivity (Wildman–Crippen MR) is 119 cm³/mol. The Morgan fingerprint density at radius 1 is 1.31 bits per heavy atom. The van der Waals surface area contributed by atoms with E-state index in [0.717, 1.165) is 12.1 Å². The Morgan fingerprint density at radius 2 is 2.03 bits per heavy atom. The number of hydrogen-bond acceptors (Lipinski definition) is 7. The molecule has 3 aromatic rings. The van der Waals surface area contributed by atoms with Crippen molar-refractivity contribution in [2.75, 3.05) is 37.4 Å². The van der Waals surface area contributed by atoms with E-state index in [-0.39, 0.29) is 17.5 Å². The second-order valence-corrected chi connectivity index (χ2v) is 8.86. The number of carbonyl (C=O) groups excluding carboxylic acids is 2. The van der Waals surface area contributed by atoms with Crippen LogP contribution in [0.4, 0.5) is 11.5 Å². The summed E-state index contributed by atoms with van der Waals surface area (Å²) in [5, 5.41) is 7.30. The minimum absolute atomic E-state index is 0.0139. The molecule has 1 saturated heterocycles. The smallest absolute Gasteiger partial charge is 0.277 e. The molecule has 0 radical (unpaired) electrons. The zero-order valence-electron chi connectivity index (χ0n) is 18.9. The van der Waals surface area contributed by atoms with Crippen molar-refractivity contribution in [3.8, 4) is 11.5 Å². The summed E-state index contributed by atoms with van der Waals surface area (Å²) in [6.45, 7) is 5.22. The number of anilines is 2. The van der Waals surface area contributed by atoms with Gasteiger partial charge in [-0.15, -0.1) is 0 Å². The molecular weight excluding hydrogens is 410 g/mol. The lowest BCUT2D eigenvalue weighted by molar-refractivity contribution is -0.125. The largest absolute Gasteiger partial charge is 0.444 e. The number of rotatable bonds is 6. The van der Waals surface area contributed by atoms with Crippen molar-refractivity contribution in [2.24, 2.45) is 18.4 Å². The number of nitrogens with one attached hydrogen (secondary N) is 1. The average Bonchev–Trinajstić information content (AvgIpc) is 3.42. The highest BCUT2D eigenvalue weighted by molar-refractivity contribution is 6.07. The van der Waals surface area contributed by atoms with Crippen molar-refractivity contribution in [1.29, 1.82) is 0 Å². The summed E-state index contributed by atoms with van der Waals surface area (Å²) in [4.78, 5) is 38.0. The number of pyridine rings is 1. The first kappa shape index (κ1) is 21.7. The lowest BCUT2D eigenvalue weighted by Crippen LogP contribution is -2.34. The van der Waals surface area contributed by atoms with E-state index < -0.39 is 11.3 Å². The van der Waals surface area contributed by atoms with Gasteiger partial charge in [-0.05, 0) is 26.2 Å². The number of aryl methyl sites for hydroxylation is 1. The van der Waals surface area contributed by atoms with Crippen molar-refractivity contribution in [2.45, 2.75) is 13.8 Å². The van der Waals surface area contributed by atoms with E-state index in [4.69, 9.17) is 4.42 Å². The first-order valence-electron chi connectivity index (χ1n) is 10.3. The number of carbonyl (C=O) groups is 2. The fourth-order valence-corrected chi connectivity index (χ4v) is 3.92. The minimum Gasteiger partial charge on any atom is -0.444 e. The molecule has 0 aromatic carbocycles. The van der Waals surface area contributed by atoms with E-state index in [0.29, 0.717) is 23.9 Å². The van der Waals surface area contributed by atoms with Gasteiger partial charge in [0.2, 0.25) is 11.8 Å². The van der Waals surface area contributed by atoms with Gasteiger partial charge in [0.15, 0.2) is 11.5 Å². The van der Waals surface area contributed by atoms with Gasteiger partial charge in [-0.2, -0.15) is 5.10 Å². The minimum atomic E-state index is -0.533. The lowest BCUT2D eigenvalue weighted by Gasteiger charge is -2.25. The van der Waals surface area contributed by atoms with Crippen LogP contribution in [0.15, 0.2) is 41.4 Å². The molecule has 0 bridgehead atoms. The molecule has 1 fully saturated rings. The molecule has 10 nitrogen and oxygen atoms in total. The standard InChI is InChI=1S/C22H27N7O3/c1-22(2)15(10-27(3)4)11-29(21(22)31)18-16(12-28(5)26-18)24-19(30)17-13-32-20(25-17)14-6-8-23-9-7-14/h6-9,12-13,15H,10-11H2,1-5H3,(H,24,30). The predicted octanol–water partition coefficient (Wildman–Crippen LogP) is 2.27. The van der Waals surface area contributed by atoms with Crippen molar-refractivity contribution >= 4 is 23.3 Å². The molecule has 3 aromatic heterocycles. The van der Waals surface area contributed by atoms with Crippen LogP contribution in [0.25, 0.3) is 11.5 Å². The summed E-state index contributed by atoms with van der Waals surface area (Å²) in [7, 11) is 5.74. The maximum absolute atomic E-state index is 13.2. The van der Waals surface area contributed by atoms with Crippen LogP contribution in [0.5, 0.6) is 0 Å². The van der Waals surface area contributed by atoms with Crippen molar-refractivity contribution < 1.29 is 14.0 Å². The fraction of sp³-hybridized carbons (Fsp3) is 0.409. The van der Waals surface area contributed by atoms with Gasteiger partial charge in [0.25, 0.3) is 5.91 Å². The molecule has 4 rings (SSSR count). The molecule has 32 heavy (non-hydrogen) atoms. The molecule has 2 amide bonds. The van der Waals surface area contributed by atoms with Crippen molar-refractivity contribution in [3.05, 3.63) is 42.7 Å². The van der Waals surface area contributed by atoms with E-state index in [1.165, 1.54) is 6.26 Å². The number of oxazole rings is 1. The van der Waals surface area contributed by atoms with Crippen LogP contribution in [-0.2, 0) is 11.8 Å². The molecule has 0 saturated carbocycles. The first-order valence-corrected chi connectivity index (χ1v) is 10.3. The van der Waals surface area contributed by atoms with Gasteiger partial charge in [0.05, 0.1) is 6.20 Å². The third-order valence-electron chi connectivity index (χ3n) is 5.78. The maximum atomic E-state index is 13.2. The average molecular weight is 438 g/mol. The van der Waals surface area contributed by atoms with Crippen LogP contribution in [0.3, 0.4) is 0 Å². The SMILES string of the molecule is CN(C)CC1CN(c2nn(C)cc2NC(=O)c2coc(-c3ccncc3)n2)C(=O)C1(C)C. The Balaban J connectivity index is 1.56. The number of amides is 2. The van der Waals surface area contributed by atoms with Gasteiger partial charge in [-0.1, -0.05) is 13.8 Å². The van der Waals surface area contributed by atoms with Crippen LogP contribution >= 0.6 is 0 Å². The molecule has 4 heterocycles. The monoisotopic (exact) mass is 437 g/mol.